The van der Waals surface area contributed by atoms with Crippen molar-refractivity contribution in [3.8, 4) is 17.1 Å². The van der Waals surface area contributed by atoms with E-state index >= 15 is 0 Å². The van der Waals surface area contributed by atoms with Gasteiger partial charge in [-0.3, -0.25) is 0 Å². The fourth-order valence-corrected chi connectivity index (χ4v) is 4.47. The first kappa shape index (κ1) is 23.0. The van der Waals surface area contributed by atoms with Gasteiger partial charge in [-0.2, -0.15) is 13.2 Å². The van der Waals surface area contributed by atoms with E-state index in [1.165, 1.54) is 25.4 Å². The van der Waals surface area contributed by atoms with Crippen molar-refractivity contribution in [2.75, 3.05) is 7.11 Å². The lowest BCUT2D eigenvalue weighted by molar-refractivity contribution is -0.137. The van der Waals surface area contributed by atoms with Gasteiger partial charge in [0.05, 0.1) is 24.4 Å². The van der Waals surface area contributed by atoms with Gasteiger partial charge in [0.2, 0.25) is 5.88 Å². The van der Waals surface area contributed by atoms with Crippen LogP contribution in [0.4, 0.5) is 13.2 Å². The molecule has 5 nitrogen and oxygen atoms in total. The normalized spacial score (nSPS) is 12.6. The number of benzene rings is 3. The molecule has 0 saturated carbocycles. The highest BCUT2D eigenvalue weighted by Gasteiger charge is 2.34. The van der Waals surface area contributed by atoms with Crippen LogP contribution in [0.1, 0.15) is 22.7 Å². The molecule has 5 rings (SSSR count). The second-order valence-corrected chi connectivity index (χ2v) is 8.78. The topological polar surface area (TPSA) is 52.8 Å². The van der Waals surface area contributed by atoms with Crippen LogP contribution in [-0.2, 0) is 6.18 Å². The van der Waals surface area contributed by atoms with E-state index in [4.69, 9.17) is 4.74 Å². The molecular weight excluding hydrogens is 521 g/mol. The summed E-state index contributed by atoms with van der Waals surface area (Å²) in [4.78, 5) is 4.66. The first-order chi connectivity index (χ1) is 16.8. The molecule has 0 bridgehead atoms. The maximum atomic E-state index is 13.6. The first-order valence-corrected chi connectivity index (χ1v) is 11.4. The molecule has 5 aromatic rings. The summed E-state index contributed by atoms with van der Waals surface area (Å²) in [7, 11) is 1.53. The van der Waals surface area contributed by atoms with Gasteiger partial charge in [0.25, 0.3) is 0 Å². The Morgan fingerprint density at radius 2 is 1.69 bits per heavy atom. The highest BCUT2D eigenvalue weighted by Crippen LogP contribution is 2.38. The molecule has 0 spiro atoms. The summed E-state index contributed by atoms with van der Waals surface area (Å²) in [6.45, 7) is 0. The van der Waals surface area contributed by atoms with Gasteiger partial charge in [-0.15, -0.1) is 5.10 Å². The molecule has 35 heavy (non-hydrogen) atoms. The molecule has 9 heteroatoms. The largest absolute Gasteiger partial charge is 0.481 e. The maximum absolute atomic E-state index is 13.6. The van der Waals surface area contributed by atoms with Gasteiger partial charge < -0.3 is 4.74 Å². The molecule has 0 amide bonds. The quantitative estimate of drug-likeness (QED) is 0.243. The number of aromatic nitrogens is 4. The Labute approximate surface area is 207 Å². The number of alkyl halides is 3. The summed E-state index contributed by atoms with van der Waals surface area (Å²) in [5, 5.41) is 9.23. The number of pyridine rings is 1. The Hall–Kier alpha value is -3.72. The molecule has 3 aromatic carbocycles. The van der Waals surface area contributed by atoms with Crippen LogP contribution in [0.2, 0.25) is 0 Å². The van der Waals surface area contributed by atoms with E-state index in [9.17, 15) is 13.2 Å². The zero-order valence-electron chi connectivity index (χ0n) is 18.4. The second kappa shape index (κ2) is 9.14. The van der Waals surface area contributed by atoms with E-state index in [-0.39, 0.29) is 11.3 Å². The van der Waals surface area contributed by atoms with E-state index in [0.29, 0.717) is 11.4 Å². The Balaban J connectivity index is 1.70. The number of hydrogen-bond acceptors (Lipinski definition) is 4. The number of fused-ring (bicyclic) bond motifs is 1. The number of halogens is 4. The summed E-state index contributed by atoms with van der Waals surface area (Å²) < 4.78 is 48.9. The van der Waals surface area contributed by atoms with Gasteiger partial charge in [-0.1, -0.05) is 69.7 Å². The number of methoxy groups -OCH3 is 1. The summed E-state index contributed by atoms with van der Waals surface area (Å²) in [5.74, 6) is 0.390. The highest BCUT2D eigenvalue weighted by atomic mass is 79.9. The maximum Gasteiger partial charge on any atom is 0.417 e. The van der Waals surface area contributed by atoms with Crippen molar-refractivity contribution in [3.63, 3.8) is 0 Å². The second-order valence-electron chi connectivity index (χ2n) is 7.86. The Morgan fingerprint density at radius 1 is 0.943 bits per heavy atom. The average molecular weight is 539 g/mol. The molecule has 0 fully saturated rings. The van der Waals surface area contributed by atoms with Crippen molar-refractivity contribution in [2.24, 2.45) is 0 Å². The molecule has 0 radical (unpaired) electrons. The minimum atomic E-state index is -4.52. The van der Waals surface area contributed by atoms with Gasteiger partial charge in [-0.25, -0.2) is 9.67 Å². The number of nitrogens with zero attached hydrogens (tertiary/aromatic N) is 4. The predicted molar refractivity (Wildman–Crippen MR) is 130 cm³/mol. The molecule has 2 aromatic heterocycles. The number of ether oxygens (including phenoxy) is 1. The van der Waals surface area contributed by atoms with Crippen LogP contribution >= 0.6 is 15.9 Å². The van der Waals surface area contributed by atoms with Crippen LogP contribution in [-0.4, -0.2) is 27.1 Å². The molecule has 2 heterocycles. The van der Waals surface area contributed by atoms with Crippen LogP contribution in [0.15, 0.2) is 89.5 Å². The number of rotatable bonds is 5. The minimum Gasteiger partial charge on any atom is -0.481 e. The lowest BCUT2D eigenvalue weighted by Crippen LogP contribution is -2.15. The van der Waals surface area contributed by atoms with E-state index in [0.717, 1.165) is 27.0 Å². The first-order valence-electron chi connectivity index (χ1n) is 10.6. The average Bonchev–Trinajstić information content (AvgIpc) is 3.33. The standard InChI is InChI=1S/C26H18BrF3N4O/c1-35-25-20(14-17-13-18(27)11-12-22(17)31-25)24(16-7-3-2-4-8-16)34-15-23(32-33-34)19-9-5-6-10-21(19)26(28,29)30/h2-15,24H,1H3. The minimum absolute atomic E-state index is 0.0365. The summed E-state index contributed by atoms with van der Waals surface area (Å²) in [6.07, 6.45) is -3.00. The third-order valence-electron chi connectivity index (χ3n) is 5.66. The van der Waals surface area contributed by atoms with Crippen LogP contribution in [0.25, 0.3) is 22.2 Å². The van der Waals surface area contributed by atoms with E-state index < -0.39 is 17.8 Å². The summed E-state index contributed by atoms with van der Waals surface area (Å²) in [6, 6.07) is 22.0. The van der Waals surface area contributed by atoms with Crippen molar-refractivity contribution < 1.29 is 17.9 Å². The molecule has 0 N–H and O–H groups in total. The third kappa shape index (κ3) is 4.51. The van der Waals surface area contributed by atoms with Crippen molar-refractivity contribution in [3.05, 3.63) is 106 Å². The zero-order valence-corrected chi connectivity index (χ0v) is 20.0. The van der Waals surface area contributed by atoms with Gasteiger partial charge >= 0.3 is 6.18 Å². The number of hydrogen-bond donors (Lipinski definition) is 0. The van der Waals surface area contributed by atoms with Gasteiger partial charge in [0, 0.05) is 21.0 Å². The molecule has 0 aliphatic rings. The molecular formula is C26H18BrF3N4O. The van der Waals surface area contributed by atoms with E-state index in [1.807, 2.05) is 54.6 Å². The van der Waals surface area contributed by atoms with Gasteiger partial charge in [0.15, 0.2) is 0 Å². The van der Waals surface area contributed by atoms with Crippen molar-refractivity contribution in [1.82, 2.24) is 20.0 Å². The lowest BCUT2D eigenvalue weighted by atomic mass is 9.98. The van der Waals surface area contributed by atoms with Crippen molar-refractivity contribution in [2.45, 2.75) is 12.2 Å². The predicted octanol–water partition coefficient (Wildman–Crippen LogP) is 6.92. The third-order valence-corrected chi connectivity index (χ3v) is 6.15. The Morgan fingerprint density at radius 3 is 2.43 bits per heavy atom. The van der Waals surface area contributed by atoms with Crippen LogP contribution < -0.4 is 4.74 Å². The summed E-state index contributed by atoms with van der Waals surface area (Å²) in [5.41, 5.74) is 1.62. The monoisotopic (exact) mass is 538 g/mol. The van der Waals surface area contributed by atoms with Crippen LogP contribution in [0.3, 0.4) is 0 Å². The molecule has 1 unspecified atom stereocenters. The summed E-state index contributed by atoms with van der Waals surface area (Å²) >= 11 is 3.49. The molecule has 0 saturated heterocycles. The smallest absolute Gasteiger partial charge is 0.417 e. The zero-order chi connectivity index (χ0) is 24.6. The SMILES string of the molecule is COc1nc2ccc(Br)cc2cc1C(c1ccccc1)n1cc(-c2ccccc2C(F)(F)F)nn1. The van der Waals surface area contributed by atoms with Crippen molar-refractivity contribution in [1.29, 1.82) is 0 Å². The molecule has 1 atom stereocenters. The van der Waals surface area contributed by atoms with Gasteiger partial charge in [-0.05, 0) is 35.9 Å². The van der Waals surface area contributed by atoms with Crippen LogP contribution in [0.5, 0.6) is 5.88 Å². The fourth-order valence-electron chi connectivity index (χ4n) is 4.10. The lowest BCUT2D eigenvalue weighted by Gasteiger charge is -2.20. The molecule has 0 aliphatic carbocycles. The highest BCUT2D eigenvalue weighted by molar-refractivity contribution is 9.10. The fraction of sp³-hybridized carbons (Fsp3) is 0.115. The molecule has 0 aliphatic heterocycles. The Kier molecular flexibility index (Phi) is 6.02. The Bertz CT molecular complexity index is 1500. The van der Waals surface area contributed by atoms with E-state index in [2.05, 4.69) is 31.2 Å². The molecule has 176 valence electrons. The van der Waals surface area contributed by atoms with E-state index in [1.54, 1.807) is 10.7 Å². The van der Waals surface area contributed by atoms with Crippen molar-refractivity contribution >= 4 is 26.8 Å². The van der Waals surface area contributed by atoms with Crippen LogP contribution in [0, 0.1) is 0 Å². The van der Waals surface area contributed by atoms with Gasteiger partial charge in [0.1, 0.15) is 11.7 Å².